The lowest BCUT2D eigenvalue weighted by molar-refractivity contribution is 0.291. The average Bonchev–Trinajstić information content (AvgIpc) is 3.05. The molecule has 92 valence electrons. The van der Waals surface area contributed by atoms with Crippen molar-refractivity contribution >= 4 is 11.6 Å². The molecule has 1 nitrogen and oxygen atoms in total. The highest BCUT2D eigenvalue weighted by molar-refractivity contribution is 6.20. The molecule has 17 heavy (non-hydrogen) atoms. The summed E-state index contributed by atoms with van der Waals surface area (Å²) in [7, 11) is 0. The summed E-state index contributed by atoms with van der Waals surface area (Å²) in [5.74, 6) is 1.91. The second-order valence-electron chi connectivity index (χ2n) is 6.07. The van der Waals surface area contributed by atoms with Crippen LogP contribution in [0.5, 0.6) is 5.75 Å². The van der Waals surface area contributed by atoms with Crippen molar-refractivity contribution in [2.75, 3.05) is 6.61 Å². The van der Waals surface area contributed by atoms with Gasteiger partial charge in [-0.15, -0.1) is 11.6 Å². The van der Waals surface area contributed by atoms with Gasteiger partial charge in [-0.25, -0.2) is 0 Å². The molecule has 3 rings (SSSR count). The second-order valence-corrected chi connectivity index (χ2v) is 6.60. The van der Waals surface area contributed by atoms with E-state index in [0.717, 1.165) is 24.7 Å². The lowest BCUT2D eigenvalue weighted by atomic mass is 9.85. The molecule has 0 bridgehead atoms. The summed E-state index contributed by atoms with van der Waals surface area (Å²) in [6.45, 7) is 5.24. The number of ether oxygens (including phenoxy) is 1. The summed E-state index contributed by atoms with van der Waals surface area (Å²) < 4.78 is 5.70. The van der Waals surface area contributed by atoms with Crippen molar-refractivity contribution in [1.82, 2.24) is 0 Å². The zero-order valence-corrected chi connectivity index (χ0v) is 11.3. The van der Waals surface area contributed by atoms with Crippen LogP contribution >= 0.6 is 11.6 Å². The SMILES string of the molecule is CC1(C)COc2ccc(C(Cl)CC3CC3)cc21. The van der Waals surface area contributed by atoms with Gasteiger partial charge in [0.15, 0.2) is 0 Å². The molecule has 2 aliphatic rings. The fourth-order valence-corrected chi connectivity index (χ4v) is 2.90. The van der Waals surface area contributed by atoms with E-state index in [-0.39, 0.29) is 10.8 Å². The van der Waals surface area contributed by atoms with E-state index in [9.17, 15) is 0 Å². The van der Waals surface area contributed by atoms with Crippen LogP contribution in [0.4, 0.5) is 0 Å². The number of fused-ring (bicyclic) bond motifs is 1. The van der Waals surface area contributed by atoms with E-state index in [2.05, 4.69) is 32.0 Å². The van der Waals surface area contributed by atoms with Gasteiger partial charge in [0.05, 0.1) is 12.0 Å². The quantitative estimate of drug-likeness (QED) is 0.721. The van der Waals surface area contributed by atoms with Crippen molar-refractivity contribution in [3.05, 3.63) is 29.3 Å². The van der Waals surface area contributed by atoms with Gasteiger partial charge in [0.1, 0.15) is 5.75 Å². The van der Waals surface area contributed by atoms with Crippen LogP contribution in [0, 0.1) is 5.92 Å². The predicted octanol–water partition coefficient (Wildman–Crippen LogP) is 4.44. The minimum atomic E-state index is 0.127. The van der Waals surface area contributed by atoms with E-state index in [4.69, 9.17) is 16.3 Å². The van der Waals surface area contributed by atoms with Gasteiger partial charge < -0.3 is 4.74 Å². The summed E-state index contributed by atoms with van der Waals surface area (Å²) in [4.78, 5) is 0. The van der Waals surface area contributed by atoms with Gasteiger partial charge >= 0.3 is 0 Å². The third-order valence-electron chi connectivity index (χ3n) is 3.92. The smallest absolute Gasteiger partial charge is 0.123 e. The van der Waals surface area contributed by atoms with Crippen molar-refractivity contribution in [1.29, 1.82) is 0 Å². The molecule has 2 heteroatoms. The van der Waals surface area contributed by atoms with Crippen LogP contribution in [0.1, 0.15) is 49.6 Å². The van der Waals surface area contributed by atoms with Gasteiger partial charge in [0.2, 0.25) is 0 Å². The average molecular weight is 251 g/mol. The van der Waals surface area contributed by atoms with Gasteiger partial charge in [0.25, 0.3) is 0 Å². The summed E-state index contributed by atoms with van der Waals surface area (Å²) in [6, 6.07) is 6.46. The normalized spacial score (nSPS) is 23.0. The molecule has 0 spiro atoms. The molecule has 0 saturated heterocycles. The first kappa shape index (κ1) is 11.4. The van der Waals surface area contributed by atoms with E-state index in [1.54, 1.807) is 0 Å². The molecule has 1 fully saturated rings. The predicted molar refractivity (Wildman–Crippen MR) is 70.9 cm³/mol. The second kappa shape index (κ2) is 3.91. The molecule has 1 aliphatic heterocycles. The molecule has 1 aliphatic carbocycles. The highest BCUT2D eigenvalue weighted by atomic mass is 35.5. The van der Waals surface area contributed by atoms with Crippen molar-refractivity contribution in [3.8, 4) is 5.75 Å². The minimum absolute atomic E-state index is 0.127. The van der Waals surface area contributed by atoms with Gasteiger partial charge in [-0.3, -0.25) is 0 Å². The van der Waals surface area contributed by atoms with Crippen LogP contribution in [0.2, 0.25) is 0 Å². The van der Waals surface area contributed by atoms with Crippen LogP contribution in [0.3, 0.4) is 0 Å². The summed E-state index contributed by atoms with van der Waals surface area (Å²) in [5, 5.41) is 0.171. The van der Waals surface area contributed by atoms with Crippen molar-refractivity contribution in [2.24, 2.45) is 5.92 Å². The molecule has 0 radical (unpaired) electrons. The monoisotopic (exact) mass is 250 g/mol. The third-order valence-corrected chi connectivity index (χ3v) is 4.35. The van der Waals surface area contributed by atoms with Gasteiger partial charge in [-0.05, 0) is 30.0 Å². The Bertz CT molecular complexity index is 435. The van der Waals surface area contributed by atoms with Gasteiger partial charge in [-0.1, -0.05) is 32.8 Å². The molecular formula is C15H19ClO. The number of rotatable bonds is 3. The number of hydrogen-bond acceptors (Lipinski definition) is 1. The Kier molecular flexibility index (Phi) is 2.62. The lowest BCUT2D eigenvalue weighted by Crippen LogP contribution is -2.18. The third kappa shape index (κ3) is 2.18. The van der Waals surface area contributed by atoms with Crippen LogP contribution in [-0.2, 0) is 5.41 Å². The Hall–Kier alpha value is -0.690. The molecule has 0 N–H and O–H groups in total. The minimum Gasteiger partial charge on any atom is -0.492 e. The van der Waals surface area contributed by atoms with E-state index in [1.807, 2.05) is 0 Å². The maximum Gasteiger partial charge on any atom is 0.123 e. The number of alkyl halides is 1. The summed E-state index contributed by atoms with van der Waals surface area (Å²) in [6.07, 6.45) is 3.85. The maximum absolute atomic E-state index is 6.50. The first-order chi connectivity index (χ1) is 8.06. The van der Waals surface area contributed by atoms with E-state index >= 15 is 0 Å². The van der Waals surface area contributed by atoms with Gasteiger partial charge in [0, 0.05) is 11.0 Å². The van der Waals surface area contributed by atoms with Crippen molar-refractivity contribution in [2.45, 2.75) is 43.9 Å². The molecule has 1 atom stereocenters. The number of halogens is 1. The fraction of sp³-hybridized carbons (Fsp3) is 0.600. The summed E-state index contributed by atoms with van der Waals surface area (Å²) >= 11 is 6.50. The topological polar surface area (TPSA) is 9.23 Å². The zero-order valence-electron chi connectivity index (χ0n) is 10.5. The van der Waals surface area contributed by atoms with Crippen LogP contribution < -0.4 is 4.74 Å². The molecule has 1 saturated carbocycles. The first-order valence-electron chi connectivity index (χ1n) is 6.47. The fourth-order valence-electron chi connectivity index (χ4n) is 2.52. The highest BCUT2D eigenvalue weighted by Gasteiger charge is 2.33. The Labute approximate surface area is 108 Å². The molecule has 1 aromatic carbocycles. The van der Waals surface area contributed by atoms with E-state index in [1.165, 1.54) is 24.0 Å². The Balaban J connectivity index is 1.86. The first-order valence-corrected chi connectivity index (χ1v) is 6.91. The van der Waals surface area contributed by atoms with Crippen LogP contribution in [-0.4, -0.2) is 6.61 Å². The zero-order chi connectivity index (χ0) is 12.0. The van der Waals surface area contributed by atoms with Gasteiger partial charge in [-0.2, -0.15) is 0 Å². The number of benzene rings is 1. The van der Waals surface area contributed by atoms with Crippen molar-refractivity contribution in [3.63, 3.8) is 0 Å². The molecular weight excluding hydrogens is 232 g/mol. The molecule has 1 heterocycles. The van der Waals surface area contributed by atoms with E-state index < -0.39 is 0 Å². The molecule has 0 amide bonds. The van der Waals surface area contributed by atoms with E-state index in [0.29, 0.717) is 0 Å². The molecule has 1 aromatic rings. The maximum atomic E-state index is 6.50. The van der Waals surface area contributed by atoms with Crippen LogP contribution in [0.15, 0.2) is 18.2 Å². The summed E-state index contributed by atoms with van der Waals surface area (Å²) in [5.41, 5.74) is 2.70. The van der Waals surface area contributed by atoms with Crippen LogP contribution in [0.25, 0.3) is 0 Å². The largest absolute Gasteiger partial charge is 0.492 e. The highest BCUT2D eigenvalue weighted by Crippen LogP contribution is 2.44. The Morgan fingerprint density at radius 1 is 1.41 bits per heavy atom. The molecule has 1 unspecified atom stereocenters. The lowest BCUT2D eigenvalue weighted by Gasteiger charge is -2.17. The Morgan fingerprint density at radius 3 is 2.88 bits per heavy atom. The Morgan fingerprint density at radius 2 is 2.18 bits per heavy atom. The number of hydrogen-bond donors (Lipinski definition) is 0. The van der Waals surface area contributed by atoms with Crippen molar-refractivity contribution < 1.29 is 4.74 Å². The standard InChI is InChI=1S/C15H19ClO/c1-15(2)9-17-14-6-5-11(8-12(14)15)13(16)7-10-3-4-10/h5-6,8,10,13H,3-4,7,9H2,1-2H3. The molecule has 0 aromatic heterocycles.